The van der Waals surface area contributed by atoms with Crippen LogP contribution >= 0.6 is 0 Å². The Balaban J connectivity index is 1.61. The number of halogens is 2. The van der Waals surface area contributed by atoms with E-state index in [0.29, 0.717) is 29.7 Å². The predicted octanol–water partition coefficient (Wildman–Crippen LogP) is 7.12. The summed E-state index contributed by atoms with van der Waals surface area (Å²) in [7, 11) is 0. The normalized spacial score (nSPS) is 13.1. The summed E-state index contributed by atoms with van der Waals surface area (Å²) < 4.78 is 36.6. The lowest BCUT2D eigenvalue weighted by Crippen LogP contribution is -2.33. The number of ether oxygens (including phenoxy) is 1. The number of benzene rings is 3. The van der Waals surface area contributed by atoms with Gasteiger partial charge in [0.1, 0.15) is 17.4 Å². The zero-order chi connectivity index (χ0) is 25.9. The highest BCUT2D eigenvalue weighted by Crippen LogP contribution is 2.37. The first-order valence-electron chi connectivity index (χ1n) is 12.5. The number of hydrogen-bond donors (Lipinski definition) is 0. The molecule has 7 heteroatoms. The minimum atomic E-state index is -0.548. The maximum atomic E-state index is 14.6. The summed E-state index contributed by atoms with van der Waals surface area (Å²) in [5, 5.41) is 4.88. The van der Waals surface area contributed by atoms with Crippen molar-refractivity contribution in [2.24, 2.45) is 5.92 Å². The molecule has 0 N–H and O–H groups in total. The highest BCUT2D eigenvalue weighted by molar-refractivity contribution is 5.94. The first-order chi connectivity index (χ1) is 17.9. The van der Waals surface area contributed by atoms with Crippen molar-refractivity contribution in [1.29, 1.82) is 0 Å². The van der Waals surface area contributed by atoms with Gasteiger partial charge in [0.05, 0.1) is 29.1 Å². The molecule has 1 fully saturated rings. The molecular weight excluding hydrogens is 472 g/mol. The van der Waals surface area contributed by atoms with Gasteiger partial charge in [0.15, 0.2) is 0 Å². The average molecular weight is 502 g/mol. The van der Waals surface area contributed by atoms with Crippen molar-refractivity contribution < 1.29 is 18.3 Å². The van der Waals surface area contributed by atoms with E-state index >= 15 is 0 Å². The smallest absolute Gasteiger partial charge is 0.257 e. The Morgan fingerprint density at radius 1 is 1.03 bits per heavy atom. The van der Waals surface area contributed by atoms with Crippen LogP contribution in [0.3, 0.4) is 0 Å². The minimum Gasteiger partial charge on any atom is -0.438 e. The van der Waals surface area contributed by atoms with Gasteiger partial charge in [0.25, 0.3) is 5.91 Å². The third-order valence-corrected chi connectivity index (χ3v) is 6.44. The SMILES string of the molecule is CC(C)c1nn(-c2ccccc2)c(Oc2cccc(F)c2)c1CN(CC1CC1)C(=O)c1ccccc1F. The molecule has 0 radical (unpaired) electrons. The second kappa shape index (κ2) is 10.5. The number of carbonyl (C=O) groups excluding carboxylic acids is 1. The fourth-order valence-corrected chi connectivity index (χ4v) is 4.38. The first-order valence-corrected chi connectivity index (χ1v) is 12.5. The third kappa shape index (κ3) is 5.56. The molecule has 0 aliphatic heterocycles. The van der Waals surface area contributed by atoms with Gasteiger partial charge in [0.2, 0.25) is 5.88 Å². The number of hydrogen-bond acceptors (Lipinski definition) is 3. The van der Waals surface area contributed by atoms with E-state index in [9.17, 15) is 13.6 Å². The Bertz CT molecular complexity index is 1400. The van der Waals surface area contributed by atoms with Gasteiger partial charge >= 0.3 is 0 Å². The van der Waals surface area contributed by atoms with Crippen LogP contribution in [0.4, 0.5) is 8.78 Å². The maximum Gasteiger partial charge on any atom is 0.257 e. The molecule has 37 heavy (non-hydrogen) atoms. The second-order valence-electron chi connectivity index (χ2n) is 9.74. The van der Waals surface area contributed by atoms with Gasteiger partial charge in [-0.15, -0.1) is 0 Å². The standard InChI is InChI=1S/C30H29F2N3O2/c1-20(2)28-26(19-34(18-21-15-16-21)29(36)25-13-6-7-14-27(25)32)30(37-24-12-8-9-22(31)17-24)35(33-28)23-10-4-3-5-11-23/h3-14,17,20-21H,15-16,18-19H2,1-2H3. The summed E-state index contributed by atoms with van der Waals surface area (Å²) in [6.07, 6.45) is 2.07. The molecule has 0 saturated heterocycles. The summed E-state index contributed by atoms with van der Waals surface area (Å²) >= 11 is 0. The molecule has 0 unspecified atom stereocenters. The second-order valence-corrected chi connectivity index (χ2v) is 9.74. The molecule has 1 saturated carbocycles. The minimum absolute atomic E-state index is 0.0150. The molecule has 0 bridgehead atoms. The van der Waals surface area contributed by atoms with Gasteiger partial charge in [0, 0.05) is 12.6 Å². The van der Waals surface area contributed by atoms with Crippen molar-refractivity contribution in [2.45, 2.75) is 39.2 Å². The first kappa shape index (κ1) is 24.7. The molecule has 5 nitrogen and oxygen atoms in total. The van der Waals surface area contributed by atoms with Crippen LogP contribution in [-0.2, 0) is 6.54 Å². The highest BCUT2D eigenvalue weighted by atomic mass is 19.1. The van der Waals surface area contributed by atoms with E-state index < -0.39 is 11.6 Å². The van der Waals surface area contributed by atoms with Crippen LogP contribution in [0.5, 0.6) is 11.6 Å². The van der Waals surface area contributed by atoms with Crippen LogP contribution in [0, 0.1) is 17.6 Å². The van der Waals surface area contributed by atoms with Crippen molar-refractivity contribution in [3.8, 4) is 17.3 Å². The van der Waals surface area contributed by atoms with Gasteiger partial charge in [-0.1, -0.05) is 50.2 Å². The molecule has 0 spiro atoms. The summed E-state index contributed by atoms with van der Waals surface area (Å²) in [4.78, 5) is 15.3. The lowest BCUT2D eigenvalue weighted by atomic mass is 10.0. The van der Waals surface area contributed by atoms with Crippen molar-refractivity contribution in [3.63, 3.8) is 0 Å². The van der Waals surface area contributed by atoms with Crippen LogP contribution in [0.25, 0.3) is 5.69 Å². The molecule has 0 atom stereocenters. The van der Waals surface area contributed by atoms with E-state index in [1.807, 2.05) is 44.2 Å². The van der Waals surface area contributed by atoms with Gasteiger partial charge in [-0.3, -0.25) is 4.79 Å². The molecule has 1 aromatic heterocycles. The Kier molecular flexibility index (Phi) is 7.04. The van der Waals surface area contributed by atoms with Gasteiger partial charge < -0.3 is 9.64 Å². The van der Waals surface area contributed by atoms with E-state index in [4.69, 9.17) is 9.84 Å². The number of carbonyl (C=O) groups is 1. The quantitative estimate of drug-likeness (QED) is 0.245. The molecular formula is C30H29F2N3O2. The Morgan fingerprint density at radius 3 is 2.43 bits per heavy atom. The Labute approximate surface area is 215 Å². The fraction of sp³-hybridized carbons (Fsp3) is 0.267. The molecule has 1 aliphatic carbocycles. The van der Waals surface area contributed by atoms with Crippen LogP contribution in [0.15, 0.2) is 78.9 Å². The summed E-state index contributed by atoms with van der Waals surface area (Å²) in [6.45, 7) is 4.75. The van der Waals surface area contributed by atoms with E-state index in [-0.39, 0.29) is 23.9 Å². The summed E-state index contributed by atoms with van der Waals surface area (Å²) in [5.74, 6) is -0.210. The van der Waals surface area contributed by atoms with Gasteiger partial charge in [-0.05, 0) is 61.1 Å². The number of amides is 1. The zero-order valence-corrected chi connectivity index (χ0v) is 20.9. The average Bonchev–Trinajstić information content (AvgIpc) is 3.64. The molecule has 1 aliphatic rings. The van der Waals surface area contributed by atoms with Crippen molar-refractivity contribution >= 4 is 5.91 Å². The summed E-state index contributed by atoms with van der Waals surface area (Å²) in [5.41, 5.74) is 2.29. The van der Waals surface area contributed by atoms with Crippen LogP contribution in [0.2, 0.25) is 0 Å². The van der Waals surface area contributed by atoms with E-state index in [1.54, 1.807) is 33.8 Å². The van der Waals surface area contributed by atoms with Crippen molar-refractivity contribution in [2.75, 3.05) is 6.54 Å². The number of rotatable bonds is 9. The van der Waals surface area contributed by atoms with E-state index in [0.717, 1.165) is 24.2 Å². The maximum absolute atomic E-state index is 14.6. The van der Waals surface area contributed by atoms with Crippen LogP contribution in [-0.4, -0.2) is 27.1 Å². The fourth-order valence-electron chi connectivity index (χ4n) is 4.38. The third-order valence-electron chi connectivity index (χ3n) is 6.44. The highest BCUT2D eigenvalue weighted by Gasteiger charge is 2.32. The predicted molar refractivity (Wildman–Crippen MR) is 138 cm³/mol. The number of para-hydroxylation sites is 1. The molecule has 3 aromatic carbocycles. The van der Waals surface area contributed by atoms with Crippen LogP contribution < -0.4 is 4.74 Å². The largest absolute Gasteiger partial charge is 0.438 e. The van der Waals surface area contributed by atoms with Gasteiger partial charge in [-0.25, -0.2) is 13.5 Å². The molecule has 1 amide bonds. The lowest BCUT2D eigenvalue weighted by molar-refractivity contribution is 0.0728. The molecule has 4 aromatic rings. The zero-order valence-electron chi connectivity index (χ0n) is 20.9. The van der Waals surface area contributed by atoms with E-state index in [1.165, 1.54) is 24.3 Å². The topological polar surface area (TPSA) is 47.4 Å². The molecule has 190 valence electrons. The van der Waals surface area contributed by atoms with Gasteiger partial charge in [-0.2, -0.15) is 5.10 Å². The van der Waals surface area contributed by atoms with Crippen LogP contribution in [0.1, 0.15) is 54.2 Å². The summed E-state index contributed by atoms with van der Waals surface area (Å²) in [6, 6.07) is 21.5. The molecule has 1 heterocycles. The lowest BCUT2D eigenvalue weighted by Gasteiger charge is -2.24. The number of nitrogens with zero attached hydrogens (tertiary/aromatic N) is 3. The van der Waals surface area contributed by atoms with Crippen molar-refractivity contribution in [1.82, 2.24) is 14.7 Å². The monoisotopic (exact) mass is 501 g/mol. The Morgan fingerprint density at radius 2 is 1.76 bits per heavy atom. The number of aromatic nitrogens is 2. The molecule has 5 rings (SSSR count). The van der Waals surface area contributed by atoms with Crippen molar-refractivity contribution in [3.05, 3.63) is 107 Å². The van der Waals surface area contributed by atoms with E-state index in [2.05, 4.69) is 0 Å². The Hall–Kier alpha value is -4.00.